The van der Waals surface area contributed by atoms with E-state index in [1.165, 1.54) is 0 Å². The second-order valence-corrected chi connectivity index (χ2v) is 6.71. The van der Waals surface area contributed by atoms with E-state index in [-0.39, 0.29) is 17.2 Å². The van der Waals surface area contributed by atoms with Crippen molar-refractivity contribution in [1.82, 2.24) is 0 Å². The molecule has 0 radical (unpaired) electrons. The molecule has 5 heteroatoms. The summed E-state index contributed by atoms with van der Waals surface area (Å²) in [4.78, 5) is 39.7. The molecule has 0 saturated carbocycles. The largest absolute Gasteiger partial charge is 0.322 e. The molecule has 1 aliphatic heterocycles. The Labute approximate surface area is 162 Å². The van der Waals surface area contributed by atoms with Crippen LogP contribution in [0.3, 0.4) is 0 Å². The van der Waals surface area contributed by atoms with Crippen molar-refractivity contribution < 1.29 is 14.4 Å². The highest BCUT2D eigenvalue weighted by atomic mass is 16.2. The standard InChI is InChI=1S/C23H18N2O3/c1-14-8-7-12-19(15(14)2)24-21(26)18-11-5-6-13-20(18)25-22(27)16-9-3-4-10-17(16)23(25)28/h3-13H,1-2H3,(H,24,26). The monoisotopic (exact) mass is 370 g/mol. The van der Waals surface area contributed by atoms with Crippen LogP contribution < -0.4 is 10.2 Å². The van der Waals surface area contributed by atoms with Crippen molar-refractivity contribution in [2.45, 2.75) is 13.8 Å². The number of nitrogens with one attached hydrogen (secondary N) is 1. The molecular weight excluding hydrogens is 352 g/mol. The second kappa shape index (κ2) is 6.78. The molecule has 138 valence electrons. The minimum absolute atomic E-state index is 0.262. The lowest BCUT2D eigenvalue weighted by Crippen LogP contribution is -2.31. The first-order chi connectivity index (χ1) is 13.5. The van der Waals surface area contributed by atoms with Crippen LogP contribution in [0, 0.1) is 13.8 Å². The minimum atomic E-state index is -0.424. The minimum Gasteiger partial charge on any atom is -0.322 e. The molecule has 0 spiro atoms. The van der Waals surface area contributed by atoms with Gasteiger partial charge >= 0.3 is 0 Å². The number of anilines is 2. The van der Waals surface area contributed by atoms with Gasteiger partial charge in [0, 0.05) is 5.69 Å². The molecular formula is C23H18N2O3. The lowest BCUT2D eigenvalue weighted by atomic mass is 10.1. The van der Waals surface area contributed by atoms with Gasteiger partial charge in [-0.3, -0.25) is 14.4 Å². The molecule has 0 aromatic heterocycles. The Morgan fingerprint density at radius 1 is 0.786 bits per heavy atom. The summed E-state index contributed by atoms with van der Waals surface area (Å²) in [6, 6.07) is 19.0. The van der Waals surface area contributed by atoms with E-state index in [2.05, 4.69) is 5.32 Å². The molecule has 0 atom stereocenters. The van der Waals surface area contributed by atoms with Gasteiger partial charge in [-0.1, -0.05) is 36.4 Å². The van der Waals surface area contributed by atoms with Gasteiger partial charge in [-0.2, -0.15) is 0 Å². The molecule has 3 amide bonds. The summed E-state index contributed by atoms with van der Waals surface area (Å²) in [5.41, 5.74) is 3.95. The SMILES string of the molecule is Cc1cccc(NC(=O)c2ccccc2N2C(=O)c3ccccc3C2=O)c1C. The number of hydrogen-bond acceptors (Lipinski definition) is 3. The zero-order valence-electron chi connectivity index (χ0n) is 15.5. The molecule has 0 aliphatic carbocycles. The summed E-state index contributed by atoms with van der Waals surface area (Å²) < 4.78 is 0. The van der Waals surface area contributed by atoms with Crippen molar-refractivity contribution in [2.75, 3.05) is 10.2 Å². The maximum absolute atomic E-state index is 13.0. The van der Waals surface area contributed by atoms with Crippen molar-refractivity contribution in [3.05, 3.63) is 94.5 Å². The van der Waals surface area contributed by atoms with Crippen LogP contribution in [0.4, 0.5) is 11.4 Å². The molecule has 28 heavy (non-hydrogen) atoms. The van der Waals surface area contributed by atoms with Gasteiger partial charge in [0.2, 0.25) is 0 Å². The van der Waals surface area contributed by atoms with Crippen molar-refractivity contribution in [3.8, 4) is 0 Å². The Morgan fingerprint density at radius 2 is 1.39 bits per heavy atom. The summed E-state index contributed by atoms with van der Waals surface area (Å²) >= 11 is 0. The lowest BCUT2D eigenvalue weighted by molar-refractivity contribution is 0.0926. The predicted octanol–water partition coefficient (Wildman–Crippen LogP) is 4.36. The summed E-state index contributed by atoms with van der Waals surface area (Å²) in [6.45, 7) is 3.90. The van der Waals surface area contributed by atoms with Crippen LogP contribution in [-0.2, 0) is 0 Å². The number of fused-ring (bicyclic) bond motifs is 1. The Kier molecular flexibility index (Phi) is 4.28. The average Bonchev–Trinajstić information content (AvgIpc) is 2.96. The molecule has 1 N–H and O–H groups in total. The Morgan fingerprint density at radius 3 is 2.07 bits per heavy atom. The fourth-order valence-electron chi connectivity index (χ4n) is 3.34. The third-order valence-corrected chi connectivity index (χ3v) is 5.04. The second-order valence-electron chi connectivity index (χ2n) is 6.71. The van der Waals surface area contributed by atoms with Crippen molar-refractivity contribution in [3.63, 3.8) is 0 Å². The zero-order valence-corrected chi connectivity index (χ0v) is 15.5. The van der Waals surface area contributed by atoms with Gasteiger partial charge in [-0.05, 0) is 55.3 Å². The maximum atomic E-state index is 13.0. The van der Waals surface area contributed by atoms with Crippen LogP contribution in [0.25, 0.3) is 0 Å². The highest BCUT2D eigenvalue weighted by molar-refractivity contribution is 6.35. The molecule has 3 aromatic carbocycles. The highest BCUT2D eigenvalue weighted by Gasteiger charge is 2.37. The topological polar surface area (TPSA) is 66.5 Å². The number of aryl methyl sites for hydroxylation is 1. The van der Waals surface area contributed by atoms with E-state index < -0.39 is 11.8 Å². The van der Waals surface area contributed by atoms with Crippen LogP contribution in [0.15, 0.2) is 66.7 Å². The van der Waals surface area contributed by atoms with Crippen molar-refractivity contribution >= 4 is 29.1 Å². The molecule has 4 rings (SSSR count). The summed E-state index contributed by atoms with van der Waals surface area (Å²) in [5.74, 6) is -1.22. The normalized spacial score (nSPS) is 12.9. The lowest BCUT2D eigenvalue weighted by Gasteiger charge is -2.18. The van der Waals surface area contributed by atoms with E-state index in [0.29, 0.717) is 16.8 Å². The smallest absolute Gasteiger partial charge is 0.266 e. The zero-order chi connectivity index (χ0) is 19.8. The molecule has 1 aliphatic rings. The fourth-order valence-corrected chi connectivity index (χ4v) is 3.34. The molecule has 0 bridgehead atoms. The Bertz CT molecular complexity index is 1100. The number of carbonyl (C=O) groups excluding carboxylic acids is 3. The van der Waals surface area contributed by atoms with E-state index in [1.54, 1.807) is 48.5 Å². The van der Waals surface area contributed by atoms with Crippen molar-refractivity contribution in [1.29, 1.82) is 0 Å². The summed E-state index contributed by atoms with van der Waals surface area (Å²) in [5, 5.41) is 2.89. The quantitative estimate of drug-likeness (QED) is 0.697. The van der Waals surface area contributed by atoms with E-state index in [4.69, 9.17) is 0 Å². The van der Waals surface area contributed by atoms with Gasteiger partial charge in [-0.25, -0.2) is 4.90 Å². The van der Waals surface area contributed by atoms with E-state index in [9.17, 15) is 14.4 Å². The van der Waals surface area contributed by atoms with Gasteiger partial charge in [-0.15, -0.1) is 0 Å². The molecule has 5 nitrogen and oxygen atoms in total. The van der Waals surface area contributed by atoms with Crippen LogP contribution in [0.1, 0.15) is 42.2 Å². The number of para-hydroxylation sites is 1. The Hall–Kier alpha value is -3.73. The summed E-state index contributed by atoms with van der Waals surface area (Å²) in [6.07, 6.45) is 0. The van der Waals surface area contributed by atoms with Gasteiger partial charge in [0.05, 0.1) is 22.4 Å². The number of benzene rings is 3. The van der Waals surface area contributed by atoms with Gasteiger partial charge in [0.25, 0.3) is 17.7 Å². The van der Waals surface area contributed by atoms with E-state index >= 15 is 0 Å². The average molecular weight is 370 g/mol. The number of imide groups is 1. The molecule has 0 unspecified atom stereocenters. The Balaban J connectivity index is 1.72. The van der Waals surface area contributed by atoms with Crippen LogP contribution >= 0.6 is 0 Å². The van der Waals surface area contributed by atoms with E-state index in [0.717, 1.165) is 16.0 Å². The molecule has 0 saturated heterocycles. The fraction of sp³-hybridized carbons (Fsp3) is 0.0870. The number of hydrogen-bond donors (Lipinski definition) is 1. The maximum Gasteiger partial charge on any atom is 0.266 e. The number of carbonyl (C=O) groups is 3. The molecule has 0 fully saturated rings. The van der Waals surface area contributed by atoms with Crippen molar-refractivity contribution in [2.24, 2.45) is 0 Å². The number of amides is 3. The molecule has 1 heterocycles. The van der Waals surface area contributed by atoms with E-state index in [1.807, 2.05) is 32.0 Å². The predicted molar refractivity (Wildman–Crippen MR) is 108 cm³/mol. The first-order valence-corrected chi connectivity index (χ1v) is 8.93. The summed E-state index contributed by atoms with van der Waals surface area (Å²) in [7, 11) is 0. The van der Waals surface area contributed by atoms with Gasteiger partial charge < -0.3 is 5.32 Å². The van der Waals surface area contributed by atoms with Crippen LogP contribution in [0.5, 0.6) is 0 Å². The third kappa shape index (κ3) is 2.77. The number of nitrogens with zero attached hydrogens (tertiary/aromatic N) is 1. The third-order valence-electron chi connectivity index (χ3n) is 5.04. The first kappa shape index (κ1) is 17.7. The van der Waals surface area contributed by atoms with Crippen LogP contribution in [-0.4, -0.2) is 17.7 Å². The molecule has 3 aromatic rings. The van der Waals surface area contributed by atoms with Gasteiger partial charge in [0.15, 0.2) is 0 Å². The number of rotatable bonds is 3. The van der Waals surface area contributed by atoms with Crippen LogP contribution in [0.2, 0.25) is 0 Å². The van der Waals surface area contributed by atoms with Gasteiger partial charge in [0.1, 0.15) is 0 Å². The highest BCUT2D eigenvalue weighted by Crippen LogP contribution is 2.31. The first-order valence-electron chi connectivity index (χ1n) is 8.93.